The van der Waals surface area contributed by atoms with Crippen LogP contribution in [-0.2, 0) is 16.0 Å². The fraction of sp³-hybridized carbons (Fsp3) is 0.517. The van der Waals surface area contributed by atoms with E-state index in [2.05, 4.69) is 15.7 Å². The molecule has 0 unspecified atom stereocenters. The van der Waals surface area contributed by atoms with Crippen molar-refractivity contribution in [2.75, 3.05) is 11.9 Å². The molecule has 3 aliphatic carbocycles. The van der Waals surface area contributed by atoms with Gasteiger partial charge in [-0.1, -0.05) is 11.6 Å². The highest BCUT2D eigenvalue weighted by Gasteiger charge is 2.41. The predicted octanol–water partition coefficient (Wildman–Crippen LogP) is 3.25. The number of fused-ring (bicyclic) bond motifs is 1. The Bertz CT molecular complexity index is 1320. The summed E-state index contributed by atoms with van der Waals surface area (Å²) < 4.78 is 1.68. The van der Waals surface area contributed by atoms with Crippen molar-refractivity contribution < 1.29 is 14.4 Å². The number of hydrogen-bond acceptors (Lipinski definition) is 5. The van der Waals surface area contributed by atoms with Gasteiger partial charge in [0.15, 0.2) is 0 Å². The van der Waals surface area contributed by atoms with Gasteiger partial charge in [-0.05, 0) is 99.6 Å². The van der Waals surface area contributed by atoms with Crippen LogP contribution in [-0.4, -0.2) is 51.0 Å². The molecule has 9 nitrogen and oxygen atoms in total. The number of rotatable bonds is 8. The van der Waals surface area contributed by atoms with Crippen LogP contribution in [0, 0.1) is 5.92 Å². The zero-order chi connectivity index (χ0) is 26.6. The van der Waals surface area contributed by atoms with Gasteiger partial charge in [-0.2, -0.15) is 5.10 Å². The van der Waals surface area contributed by atoms with Crippen LogP contribution in [0.2, 0.25) is 0 Å². The van der Waals surface area contributed by atoms with Crippen LogP contribution in [0.1, 0.15) is 86.1 Å². The first kappa shape index (κ1) is 24.9. The molecule has 6 rings (SSSR count). The number of benzene rings is 1. The van der Waals surface area contributed by atoms with E-state index in [4.69, 9.17) is 5.73 Å². The molecule has 1 aromatic heterocycles. The lowest BCUT2D eigenvalue weighted by atomic mass is 9.99. The van der Waals surface area contributed by atoms with Crippen LogP contribution in [0.3, 0.4) is 0 Å². The molecule has 1 aliphatic heterocycles. The molecule has 0 spiro atoms. The average Bonchev–Trinajstić information content (AvgIpc) is 3.79. The first-order chi connectivity index (χ1) is 18.3. The van der Waals surface area contributed by atoms with Gasteiger partial charge in [0.1, 0.15) is 11.7 Å². The van der Waals surface area contributed by atoms with Crippen molar-refractivity contribution in [1.82, 2.24) is 20.0 Å². The molecule has 9 heteroatoms. The molecule has 0 radical (unpaired) electrons. The maximum absolute atomic E-state index is 13.7. The molecule has 2 heterocycles. The van der Waals surface area contributed by atoms with Crippen molar-refractivity contribution >= 4 is 23.4 Å². The Morgan fingerprint density at radius 1 is 1.08 bits per heavy atom. The number of nitrogens with two attached hydrogens (primary N) is 1. The van der Waals surface area contributed by atoms with Gasteiger partial charge in [-0.3, -0.25) is 19.1 Å². The van der Waals surface area contributed by atoms with Crippen molar-refractivity contribution in [1.29, 1.82) is 0 Å². The molecule has 4 N–H and O–H groups in total. The van der Waals surface area contributed by atoms with Gasteiger partial charge in [0.2, 0.25) is 5.91 Å². The van der Waals surface area contributed by atoms with E-state index in [1.165, 1.54) is 5.57 Å². The number of nitrogens with one attached hydrogen (secondary N) is 2. The molecule has 3 atom stereocenters. The largest absolute Gasteiger partial charge is 0.335 e. The lowest BCUT2D eigenvalue weighted by molar-refractivity contribution is -0.130. The second-order valence-corrected chi connectivity index (χ2v) is 11.4. The van der Waals surface area contributed by atoms with Gasteiger partial charge in [-0.15, -0.1) is 0 Å². The van der Waals surface area contributed by atoms with Crippen molar-refractivity contribution in [3.63, 3.8) is 0 Å². The molecule has 1 saturated heterocycles. The normalized spacial score (nSPS) is 23.0. The number of nitrogens with zero attached hydrogens (tertiary/aromatic N) is 3. The minimum absolute atomic E-state index is 0.0262. The Hall–Kier alpha value is -3.46. The standard InChI is InChI=1S/C29H36N6O3/c1-16(2)35-24(11-13-31-35)27(36)33-26(25(17-3-4-17)18-5-6-18)28(37)32-20-8-9-21-19(15-20)7-10-23(21)34-14-12-22(30)29(34)38/h8-9,11,13,15-17,22-23,26H,3-7,10,12,14,30H2,1-2H3,(H,32,37)(H,33,36)/t22-,23+,26-/m0/s1. The fourth-order valence-corrected chi connectivity index (χ4v) is 6.11. The van der Waals surface area contributed by atoms with E-state index in [0.717, 1.165) is 55.2 Å². The molecule has 200 valence electrons. The number of aromatic nitrogens is 2. The molecule has 38 heavy (non-hydrogen) atoms. The molecule has 2 saturated carbocycles. The lowest BCUT2D eigenvalue weighted by Crippen LogP contribution is -2.46. The summed E-state index contributed by atoms with van der Waals surface area (Å²) in [7, 11) is 0. The minimum atomic E-state index is -0.715. The van der Waals surface area contributed by atoms with Gasteiger partial charge < -0.3 is 21.3 Å². The third kappa shape index (κ3) is 4.64. The fourth-order valence-electron chi connectivity index (χ4n) is 6.11. The van der Waals surface area contributed by atoms with E-state index in [0.29, 0.717) is 30.3 Å². The molecule has 3 amide bonds. The number of carbonyl (C=O) groups is 3. The number of anilines is 1. The maximum Gasteiger partial charge on any atom is 0.270 e. The first-order valence-electron chi connectivity index (χ1n) is 13.9. The summed E-state index contributed by atoms with van der Waals surface area (Å²) in [6.45, 7) is 4.64. The molecule has 2 aromatic rings. The minimum Gasteiger partial charge on any atom is -0.335 e. The summed E-state index contributed by atoms with van der Waals surface area (Å²) in [6.07, 6.45) is 8.13. The van der Waals surface area contributed by atoms with E-state index >= 15 is 0 Å². The summed E-state index contributed by atoms with van der Waals surface area (Å²) in [5.74, 6) is -0.117. The van der Waals surface area contributed by atoms with E-state index in [-0.39, 0.29) is 29.8 Å². The number of likely N-dealkylation sites (tertiary alicyclic amines) is 1. The number of amides is 3. The Labute approximate surface area is 222 Å². The highest BCUT2D eigenvalue weighted by molar-refractivity contribution is 6.02. The molecular weight excluding hydrogens is 480 g/mol. The topological polar surface area (TPSA) is 122 Å². The van der Waals surface area contributed by atoms with Crippen LogP contribution in [0.25, 0.3) is 0 Å². The molecular formula is C29H36N6O3. The SMILES string of the molecule is CC(C)n1nccc1C(=O)N[C@H](C(=O)Nc1ccc2c(c1)CC[C@H]2N1CC[C@H](N)C1=O)C(=C1CC1)C1CC1. The van der Waals surface area contributed by atoms with Gasteiger partial charge in [-0.25, -0.2) is 0 Å². The summed E-state index contributed by atoms with van der Waals surface area (Å²) in [5, 5.41) is 10.4. The summed E-state index contributed by atoms with van der Waals surface area (Å²) in [5.41, 5.74) is 11.8. The summed E-state index contributed by atoms with van der Waals surface area (Å²) in [4.78, 5) is 41.5. The zero-order valence-corrected chi connectivity index (χ0v) is 22.1. The van der Waals surface area contributed by atoms with Crippen molar-refractivity contribution in [3.8, 4) is 0 Å². The number of allylic oxidation sites excluding steroid dienone is 1. The molecule has 1 aromatic carbocycles. The van der Waals surface area contributed by atoms with Crippen LogP contribution < -0.4 is 16.4 Å². The van der Waals surface area contributed by atoms with Gasteiger partial charge in [0, 0.05) is 24.5 Å². The number of aryl methyl sites for hydroxylation is 1. The van der Waals surface area contributed by atoms with Crippen molar-refractivity contribution in [2.45, 2.75) is 83.0 Å². The third-order valence-electron chi connectivity index (χ3n) is 8.28. The number of hydrogen-bond donors (Lipinski definition) is 3. The highest BCUT2D eigenvalue weighted by Crippen LogP contribution is 2.46. The first-order valence-corrected chi connectivity index (χ1v) is 13.9. The average molecular weight is 517 g/mol. The predicted molar refractivity (Wildman–Crippen MR) is 143 cm³/mol. The number of carbonyl (C=O) groups excluding carboxylic acids is 3. The molecule has 0 bridgehead atoms. The van der Waals surface area contributed by atoms with Crippen LogP contribution in [0.5, 0.6) is 0 Å². The molecule has 4 aliphatic rings. The Morgan fingerprint density at radius 3 is 2.53 bits per heavy atom. The summed E-state index contributed by atoms with van der Waals surface area (Å²) >= 11 is 0. The van der Waals surface area contributed by atoms with E-state index in [9.17, 15) is 14.4 Å². The van der Waals surface area contributed by atoms with Crippen LogP contribution in [0.4, 0.5) is 5.69 Å². The van der Waals surface area contributed by atoms with Gasteiger partial charge >= 0.3 is 0 Å². The third-order valence-corrected chi connectivity index (χ3v) is 8.28. The van der Waals surface area contributed by atoms with Crippen molar-refractivity contribution in [3.05, 3.63) is 58.4 Å². The van der Waals surface area contributed by atoms with Gasteiger partial charge in [0.05, 0.1) is 12.1 Å². The van der Waals surface area contributed by atoms with Crippen LogP contribution >= 0.6 is 0 Å². The quantitative estimate of drug-likeness (QED) is 0.465. The van der Waals surface area contributed by atoms with E-state index < -0.39 is 12.1 Å². The second kappa shape index (κ2) is 9.69. The lowest BCUT2D eigenvalue weighted by Gasteiger charge is -2.25. The Morgan fingerprint density at radius 2 is 1.87 bits per heavy atom. The van der Waals surface area contributed by atoms with Gasteiger partial charge in [0.25, 0.3) is 11.8 Å². The van der Waals surface area contributed by atoms with Crippen molar-refractivity contribution in [2.24, 2.45) is 11.7 Å². The zero-order valence-electron chi connectivity index (χ0n) is 22.1. The van der Waals surface area contributed by atoms with Crippen LogP contribution in [0.15, 0.2) is 41.6 Å². The van der Waals surface area contributed by atoms with E-state index in [1.807, 2.05) is 36.9 Å². The molecule has 3 fully saturated rings. The summed E-state index contributed by atoms with van der Waals surface area (Å²) in [6, 6.07) is 6.61. The second-order valence-electron chi connectivity index (χ2n) is 11.4. The van der Waals surface area contributed by atoms with E-state index in [1.54, 1.807) is 16.9 Å². The maximum atomic E-state index is 13.7. The monoisotopic (exact) mass is 516 g/mol. The Balaban J connectivity index is 1.22. The highest BCUT2D eigenvalue weighted by atomic mass is 16.2. The Kier molecular flexibility index (Phi) is 6.34. The smallest absolute Gasteiger partial charge is 0.270 e.